The monoisotopic (exact) mass is 612 g/mol. The van der Waals surface area contributed by atoms with Crippen LogP contribution >= 0.6 is 11.8 Å². The molecule has 1 aromatic heterocycles. The Kier molecular flexibility index (Phi) is 8.31. The summed E-state index contributed by atoms with van der Waals surface area (Å²) in [5.74, 6) is -0.283. The van der Waals surface area contributed by atoms with E-state index in [2.05, 4.69) is 39.1 Å². The van der Waals surface area contributed by atoms with Gasteiger partial charge in [0.15, 0.2) is 5.17 Å². The van der Waals surface area contributed by atoms with Crippen molar-refractivity contribution in [2.45, 2.75) is 11.4 Å². The lowest BCUT2D eigenvalue weighted by molar-refractivity contribution is -0.113. The SMILES string of the molecule is CN(C)S(=O)(=O)c1cccc(-c2nn(-c3ccccc3)cc2/C=C2\SC(N3CCN(Cc4ccccc4)CC3)=NC2=O)c1. The first-order chi connectivity index (χ1) is 20.8. The van der Waals surface area contributed by atoms with Gasteiger partial charge in [0.1, 0.15) is 5.69 Å². The summed E-state index contributed by atoms with van der Waals surface area (Å²) in [5, 5.41) is 5.54. The van der Waals surface area contributed by atoms with Crippen LogP contribution in [0.4, 0.5) is 0 Å². The van der Waals surface area contributed by atoms with Gasteiger partial charge in [0.25, 0.3) is 5.91 Å². The predicted octanol–water partition coefficient (Wildman–Crippen LogP) is 4.58. The summed E-state index contributed by atoms with van der Waals surface area (Å²) in [6, 6.07) is 26.8. The van der Waals surface area contributed by atoms with Crippen molar-refractivity contribution in [3.63, 3.8) is 0 Å². The molecule has 0 saturated carbocycles. The van der Waals surface area contributed by atoms with Crippen LogP contribution in [0.3, 0.4) is 0 Å². The van der Waals surface area contributed by atoms with Crippen molar-refractivity contribution >= 4 is 38.9 Å². The van der Waals surface area contributed by atoms with E-state index in [1.54, 1.807) is 22.9 Å². The smallest absolute Gasteiger partial charge is 0.286 e. The Bertz CT molecular complexity index is 1790. The third-order valence-electron chi connectivity index (χ3n) is 7.44. The molecule has 220 valence electrons. The Hall–Kier alpha value is -4.03. The predicted molar refractivity (Wildman–Crippen MR) is 171 cm³/mol. The summed E-state index contributed by atoms with van der Waals surface area (Å²) < 4.78 is 28.7. The Balaban J connectivity index is 1.25. The average Bonchev–Trinajstić information content (AvgIpc) is 3.62. The Labute approximate surface area is 256 Å². The van der Waals surface area contributed by atoms with E-state index in [-0.39, 0.29) is 10.8 Å². The summed E-state index contributed by atoms with van der Waals surface area (Å²) in [4.78, 5) is 22.8. The molecule has 3 aromatic carbocycles. The van der Waals surface area contributed by atoms with Crippen LogP contribution in [0.1, 0.15) is 11.1 Å². The lowest BCUT2D eigenvalue weighted by atomic mass is 10.1. The van der Waals surface area contributed by atoms with Crippen LogP contribution in [-0.2, 0) is 21.4 Å². The van der Waals surface area contributed by atoms with Crippen LogP contribution in [0.25, 0.3) is 23.0 Å². The third kappa shape index (κ3) is 6.35. The maximum atomic E-state index is 13.1. The van der Waals surface area contributed by atoms with Gasteiger partial charge in [-0.1, -0.05) is 60.7 Å². The number of nitrogens with zero attached hydrogens (tertiary/aromatic N) is 6. The number of hydrogen-bond donors (Lipinski definition) is 0. The minimum atomic E-state index is -3.64. The molecule has 6 rings (SSSR count). The van der Waals surface area contributed by atoms with Crippen molar-refractivity contribution in [2.24, 2.45) is 4.99 Å². The third-order valence-corrected chi connectivity index (χ3v) is 10.3. The van der Waals surface area contributed by atoms with Gasteiger partial charge in [-0.15, -0.1) is 0 Å². The van der Waals surface area contributed by atoms with E-state index in [4.69, 9.17) is 5.10 Å². The summed E-state index contributed by atoms with van der Waals surface area (Å²) in [6.07, 6.45) is 3.67. The highest BCUT2D eigenvalue weighted by molar-refractivity contribution is 8.18. The van der Waals surface area contributed by atoms with Gasteiger partial charge in [-0.2, -0.15) is 10.1 Å². The molecule has 2 aliphatic rings. The molecule has 1 amide bonds. The largest absolute Gasteiger partial charge is 0.348 e. The highest BCUT2D eigenvalue weighted by atomic mass is 32.2. The number of thioether (sulfide) groups is 1. The zero-order chi connectivity index (χ0) is 30.0. The summed E-state index contributed by atoms with van der Waals surface area (Å²) in [5.41, 5.74) is 4.05. The number of aliphatic imine (C=N–C) groups is 1. The Morgan fingerprint density at radius 3 is 2.30 bits per heavy atom. The number of piperazine rings is 1. The number of carbonyl (C=O) groups is 1. The van der Waals surface area contributed by atoms with E-state index < -0.39 is 10.0 Å². The number of para-hydroxylation sites is 1. The minimum absolute atomic E-state index is 0.172. The number of rotatable bonds is 7. The first-order valence-corrected chi connectivity index (χ1v) is 16.3. The molecule has 0 bridgehead atoms. The summed E-state index contributed by atoms with van der Waals surface area (Å²) in [6.45, 7) is 4.28. The van der Waals surface area contributed by atoms with E-state index in [1.165, 1.54) is 35.7 Å². The van der Waals surface area contributed by atoms with E-state index in [1.807, 2.05) is 54.7 Å². The molecule has 0 unspecified atom stereocenters. The first kappa shape index (κ1) is 29.1. The molecule has 11 heteroatoms. The van der Waals surface area contributed by atoms with Crippen LogP contribution in [-0.4, -0.2) is 83.7 Å². The second-order valence-corrected chi connectivity index (χ2v) is 13.7. The van der Waals surface area contributed by atoms with Gasteiger partial charge in [-0.05, 0) is 47.7 Å². The van der Waals surface area contributed by atoms with Crippen LogP contribution < -0.4 is 0 Å². The molecule has 43 heavy (non-hydrogen) atoms. The fraction of sp³-hybridized carbons (Fsp3) is 0.219. The second-order valence-electron chi connectivity index (χ2n) is 10.6. The maximum Gasteiger partial charge on any atom is 0.286 e. The van der Waals surface area contributed by atoms with Gasteiger partial charge < -0.3 is 4.90 Å². The molecule has 1 saturated heterocycles. The molecule has 4 aromatic rings. The Morgan fingerprint density at radius 2 is 1.60 bits per heavy atom. The molecule has 0 aliphatic carbocycles. The van der Waals surface area contributed by atoms with E-state index in [0.717, 1.165) is 38.4 Å². The van der Waals surface area contributed by atoms with Crippen molar-refractivity contribution in [2.75, 3.05) is 40.3 Å². The zero-order valence-electron chi connectivity index (χ0n) is 24.0. The number of carbonyl (C=O) groups excluding carboxylic acids is 1. The molecule has 1 fully saturated rings. The lowest BCUT2D eigenvalue weighted by Gasteiger charge is -2.35. The number of amidine groups is 1. The topological polar surface area (TPSA) is 91.1 Å². The number of aromatic nitrogens is 2. The lowest BCUT2D eigenvalue weighted by Crippen LogP contribution is -2.47. The fourth-order valence-electron chi connectivity index (χ4n) is 5.06. The Morgan fingerprint density at radius 1 is 0.907 bits per heavy atom. The van der Waals surface area contributed by atoms with Crippen molar-refractivity contribution in [3.8, 4) is 16.9 Å². The van der Waals surface area contributed by atoms with Gasteiger partial charge in [-0.3, -0.25) is 9.69 Å². The van der Waals surface area contributed by atoms with Gasteiger partial charge in [0.2, 0.25) is 10.0 Å². The van der Waals surface area contributed by atoms with Gasteiger partial charge >= 0.3 is 0 Å². The molecule has 3 heterocycles. The molecule has 0 spiro atoms. The van der Waals surface area contributed by atoms with Crippen LogP contribution in [0.15, 0.2) is 106 Å². The second kappa shape index (κ2) is 12.3. The van der Waals surface area contributed by atoms with Crippen molar-refractivity contribution in [1.82, 2.24) is 23.9 Å². The molecular weight excluding hydrogens is 581 g/mol. The zero-order valence-corrected chi connectivity index (χ0v) is 25.6. The van der Waals surface area contributed by atoms with Crippen molar-refractivity contribution < 1.29 is 13.2 Å². The standard InChI is InChI=1S/C32H32N6O3S2/c1-35(2)43(40,41)28-15-9-12-25(20-28)30-26(23-38(34-30)27-13-7-4-8-14-27)21-29-31(39)33-32(42-29)37-18-16-36(17-19-37)22-24-10-5-3-6-11-24/h3-15,20-21,23H,16-19,22H2,1-2H3/b29-21-. The van der Waals surface area contributed by atoms with Crippen LogP contribution in [0.2, 0.25) is 0 Å². The maximum absolute atomic E-state index is 13.1. The number of benzene rings is 3. The highest BCUT2D eigenvalue weighted by Gasteiger charge is 2.29. The van der Waals surface area contributed by atoms with Crippen LogP contribution in [0, 0.1) is 0 Å². The summed E-state index contributed by atoms with van der Waals surface area (Å²) in [7, 11) is -0.629. The van der Waals surface area contributed by atoms with Gasteiger partial charge in [0.05, 0.1) is 15.5 Å². The average molecular weight is 613 g/mol. The number of sulfonamides is 1. The molecule has 0 radical (unpaired) electrons. The van der Waals surface area contributed by atoms with Crippen LogP contribution in [0.5, 0.6) is 0 Å². The molecule has 9 nitrogen and oxygen atoms in total. The van der Waals surface area contributed by atoms with E-state index >= 15 is 0 Å². The molecule has 2 aliphatic heterocycles. The minimum Gasteiger partial charge on any atom is -0.348 e. The number of amides is 1. The van der Waals surface area contributed by atoms with E-state index in [9.17, 15) is 13.2 Å². The summed E-state index contributed by atoms with van der Waals surface area (Å²) >= 11 is 1.38. The van der Waals surface area contributed by atoms with Gasteiger partial charge in [-0.25, -0.2) is 17.4 Å². The molecule has 0 atom stereocenters. The molecule has 0 N–H and O–H groups in total. The van der Waals surface area contributed by atoms with Crippen molar-refractivity contribution in [3.05, 3.63) is 107 Å². The van der Waals surface area contributed by atoms with Gasteiger partial charge in [0, 0.05) is 64.1 Å². The number of hydrogen-bond acceptors (Lipinski definition) is 7. The van der Waals surface area contributed by atoms with E-state index in [0.29, 0.717) is 26.9 Å². The normalized spacial score (nSPS) is 17.2. The highest BCUT2D eigenvalue weighted by Crippen LogP contribution is 2.34. The fourth-order valence-corrected chi connectivity index (χ4v) is 6.96. The quantitative estimate of drug-likeness (QED) is 0.282. The molecular formula is C32H32N6O3S2. The first-order valence-electron chi connectivity index (χ1n) is 14.0. The van der Waals surface area contributed by atoms with Crippen molar-refractivity contribution in [1.29, 1.82) is 0 Å².